The van der Waals surface area contributed by atoms with E-state index >= 15 is 0 Å². The first-order valence-electron chi connectivity index (χ1n) is 10.7. The van der Waals surface area contributed by atoms with Crippen LogP contribution in [0.3, 0.4) is 0 Å². The number of nitrogens with zero attached hydrogens (tertiary/aromatic N) is 3. The van der Waals surface area contributed by atoms with Gasteiger partial charge in [0.15, 0.2) is 5.65 Å². The number of piperidine rings is 1. The lowest BCUT2D eigenvalue weighted by Crippen LogP contribution is -2.28. The molecule has 5 heterocycles. The smallest absolute Gasteiger partial charge is 0.158 e. The van der Waals surface area contributed by atoms with E-state index in [0.29, 0.717) is 5.92 Å². The van der Waals surface area contributed by atoms with Gasteiger partial charge in [-0.1, -0.05) is 13.8 Å². The van der Waals surface area contributed by atoms with Crippen molar-refractivity contribution in [2.75, 3.05) is 6.54 Å². The molecule has 29 heavy (non-hydrogen) atoms. The van der Waals surface area contributed by atoms with Crippen LogP contribution in [0.25, 0.3) is 27.1 Å². The Hall–Kier alpha value is -2.18. The molecular formula is C23H27N5S. The number of aryl methyl sites for hydroxylation is 1. The molecule has 5 nitrogen and oxygen atoms in total. The number of fused-ring (bicyclic) bond motifs is 4. The number of nitrogens with one attached hydrogen (secondary N) is 2. The van der Waals surface area contributed by atoms with Gasteiger partial charge in [0.05, 0.1) is 5.69 Å². The minimum atomic E-state index is 0.453. The first kappa shape index (κ1) is 17.7. The van der Waals surface area contributed by atoms with Crippen LogP contribution in [0.5, 0.6) is 0 Å². The molecule has 0 aromatic carbocycles. The third-order valence-corrected chi connectivity index (χ3v) is 8.43. The fourth-order valence-corrected chi connectivity index (χ4v) is 6.94. The topological polar surface area (TPSA) is 58.0 Å². The van der Waals surface area contributed by atoms with Crippen LogP contribution in [0.1, 0.15) is 60.1 Å². The third kappa shape index (κ3) is 2.48. The van der Waals surface area contributed by atoms with Crippen LogP contribution in [0.15, 0.2) is 18.6 Å². The molecule has 3 atom stereocenters. The maximum Gasteiger partial charge on any atom is 0.158 e. The Morgan fingerprint density at radius 3 is 2.79 bits per heavy atom. The van der Waals surface area contributed by atoms with Crippen molar-refractivity contribution in [3.63, 3.8) is 0 Å². The summed E-state index contributed by atoms with van der Waals surface area (Å²) in [6, 6.07) is 3.24. The molecule has 4 aromatic heterocycles. The number of hydrogen-bond donors (Lipinski definition) is 2. The molecule has 2 bridgehead atoms. The van der Waals surface area contributed by atoms with E-state index in [2.05, 4.69) is 60.3 Å². The zero-order valence-electron chi connectivity index (χ0n) is 17.4. The average Bonchev–Trinajstić information content (AvgIpc) is 3.48. The fraction of sp³-hybridized carbons (Fsp3) is 0.478. The van der Waals surface area contributed by atoms with Crippen molar-refractivity contribution in [2.24, 2.45) is 5.92 Å². The summed E-state index contributed by atoms with van der Waals surface area (Å²) in [4.78, 5) is 11.1. The summed E-state index contributed by atoms with van der Waals surface area (Å²) in [5, 5.41) is 9.47. The molecule has 6 heteroatoms. The molecular weight excluding hydrogens is 378 g/mol. The van der Waals surface area contributed by atoms with E-state index in [4.69, 9.17) is 0 Å². The molecule has 6 rings (SSSR count). The van der Waals surface area contributed by atoms with Gasteiger partial charge in [-0.05, 0) is 73.7 Å². The average molecular weight is 406 g/mol. The van der Waals surface area contributed by atoms with E-state index in [-0.39, 0.29) is 0 Å². The predicted molar refractivity (Wildman–Crippen MR) is 119 cm³/mol. The van der Waals surface area contributed by atoms with E-state index in [0.717, 1.165) is 23.5 Å². The number of thiophene rings is 1. The Kier molecular flexibility index (Phi) is 3.75. The van der Waals surface area contributed by atoms with Gasteiger partial charge >= 0.3 is 0 Å². The second-order valence-electron chi connectivity index (χ2n) is 9.22. The summed E-state index contributed by atoms with van der Waals surface area (Å²) in [5.41, 5.74) is 7.34. The maximum absolute atomic E-state index is 4.42. The Morgan fingerprint density at radius 1 is 1.21 bits per heavy atom. The zero-order valence-corrected chi connectivity index (χ0v) is 18.2. The second kappa shape index (κ2) is 6.16. The SMILES string of the molecule is Cc1c(-c2[nH]c3sc([C@@H]4CC5C[C@H]4CN5)cc3c2C(C)C)cn2ncnc2c1C. The van der Waals surface area contributed by atoms with Crippen LogP contribution in [0.4, 0.5) is 0 Å². The predicted octanol–water partition coefficient (Wildman–Crippen LogP) is 5.14. The normalized spacial score (nSPS) is 24.0. The highest BCUT2D eigenvalue weighted by Crippen LogP contribution is 2.48. The molecule has 0 amide bonds. The van der Waals surface area contributed by atoms with E-state index in [1.54, 1.807) is 11.2 Å². The number of rotatable bonds is 3. The van der Waals surface area contributed by atoms with Crippen LogP contribution >= 0.6 is 11.3 Å². The largest absolute Gasteiger partial charge is 0.346 e. The molecule has 150 valence electrons. The highest BCUT2D eigenvalue weighted by atomic mass is 32.1. The van der Waals surface area contributed by atoms with Crippen LogP contribution in [-0.4, -0.2) is 32.2 Å². The number of aromatic amines is 1. The molecule has 1 unspecified atom stereocenters. The van der Waals surface area contributed by atoms with Crippen LogP contribution in [0.2, 0.25) is 0 Å². The third-order valence-electron chi connectivity index (χ3n) is 7.25. The zero-order chi connectivity index (χ0) is 19.9. The number of hydrogen-bond acceptors (Lipinski definition) is 4. The van der Waals surface area contributed by atoms with Crippen molar-refractivity contribution in [3.8, 4) is 11.3 Å². The number of H-pyrrole nitrogens is 1. The van der Waals surface area contributed by atoms with Crippen LogP contribution in [-0.2, 0) is 0 Å². The number of pyridine rings is 1. The van der Waals surface area contributed by atoms with Gasteiger partial charge in [0.25, 0.3) is 0 Å². The minimum absolute atomic E-state index is 0.453. The van der Waals surface area contributed by atoms with Crippen molar-refractivity contribution in [1.82, 2.24) is 24.9 Å². The first-order chi connectivity index (χ1) is 14.0. The standard InChI is InChI=1S/C23H27N5S/c1-11(2)20-17-7-19(16-6-15-5-14(16)8-24-15)29-23(17)27-21(20)18-9-28-22(25-10-26-28)13(4)12(18)3/h7,9-11,14-16,24,27H,5-6,8H2,1-4H3/t14-,15?,16+/m0/s1. The Bertz CT molecular complexity index is 1240. The number of aromatic nitrogens is 4. The van der Waals surface area contributed by atoms with Gasteiger partial charge in [-0.25, -0.2) is 9.50 Å². The van der Waals surface area contributed by atoms with Crippen molar-refractivity contribution in [3.05, 3.63) is 40.2 Å². The van der Waals surface area contributed by atoms with Crippen LogP contribution in [0, 0.1) is 19.8 Å². The van der Waals surface area contributed by atoms with Gasteiger partial charge < -0.3 is 10.3 Å². The summed E-state index contributed by atoms with van der Waals surface area (Å²) < 4.78 is 1.91. The fourth-order valence-electron chi connectivity index (χ4n) is 5.65. The quantitative estimate of drug-likeness (QED) is 0.496. The lowest BCUT2D eigenvalue weighted by molar-refractivity contribution is 0.446. The monoisotopic (exact) mass is 405 g/mol. The molecule has 1 saturated heterocycles. The molecule has 1 saturated carbocycles. The van der Waals surface area contributed by atoms with Crippen LogP contribution < -0.4 is 5.32 Å². The Labute approximate surface area is 174 Å². The highest BCUT2D eigenvalue weighted by molar-refractivity contribution is 7.18. The molecule has 2 aliphatic rings. The summed E-state index contributed by atoms with van der Waals surface area (Å²) >= 11 is 1.98. The lowest BCUT2D eigenvalue weighted by Gasteiger charge is -2.21. The molecule has 2 N–H and O–H groups in total. The van der Waals surface area contributed by atoms with Crippen molar-refractivity contribution < 1.29 is 0 Å². The first-order valence-corrected chi connectivity index (χ1v) is 11.5. The van der Waals surface area contributed by atoms with E-state index in [1.807, 2.05) is 15.9 Å². The molecule has 0 spiro atoms. The summed E-state index contributed by atoms with van der Waals surface area (Å²) in [6.07, 6.45) is 6.43. The van der Waals surface area contributed by atoms with Gasteiger partial charge in [-0.3, -0.25) is 0 Å². The van der Waals surface area contributed by atoms with Gasteiger partial charge in [-0.15, -0.1) is 11.3 Å². The summed E-state index contributed by atoms with van der Waals surface area (Å²) in [6.45, 7) is 10.2. The summed E-state index contributed by atoms with van der Waals surface area (Å²) in [7, 11) is 0. The molecule has 2 fully saturated rings. The van der Waals surface area contributed by atoms with Crippen molar-refractivity contribution in [1.29, 1.82) is 0 Å². The van der Waals surface area contributed by atoms with E-state index < -0.39 is 0 Å². The molecule has 1 aliphatic carbocycles. The van der Waals surface area contributed by atoms with Gasteiger partial charge in [0, 0.05) is 28.1 Å². The summed E-state index contributed by atoms with van der Waals surface area (Å²) in [5.74, 6) is 2.02. The lowest BCUT2D eigenvalue weighted by atomic mass is 9.92. The molecule has 1 aliphatic heterocycles. The second-order valence-corrected chi connectivity index (χ2v) is 10.3. The Morgan fingerprint density at radius 2 is 2.07 bits per heavy atom. The van der Waals surface area contributed by atoms with Gasteiger partial charge in [-0.2, -0.15) is 5.10 Å². The van der Waals surface area contributed by atoms with E-state index in [9.17, 15) is 0 Å². The van der Waals surface area contributed by atoms with E-state index in [1.165, 1.54) is 57.6 Å². The molecule has 0 radical (unpaired) electrons. The molecule has 4 aromatic rings. The highest BCUT2D eigenvalue weighted by Gasteiger charge is 2.41. The maximum atomic E-state index is 4.42. The minimum Gasteiger partial charge on any atom is -0.346 e. The van der Waals surface area contributed by atoms with Gasteiger partial charge in [0.2, 0.25) is 0 Å². The van der Waals surface area contributed by atoms with Crippen molar-refractivity contribution in [2.45, 2.75) is 58.4 Å². The van der Waals surface area contributed by atoms with Crippen molar-refractivity contribution >= 4 is 27.2 Å². The Balaban J connectivity index is 1.52. The van der Waals surface area contributed by atoms with Gasteiger partial charge in [0.1, 0.15) is 11.2 Å².